The molecule has 0 heterocycles. The van der Waals surface area contributed by atoms with Crippen molar-refractivity contribution in [1.82, 2.24) is 0 Å². The highest BCUT2D eigenvalue weighted by Crippen LogP contribution is 2.53. The Kier molecular flexibility index (Phi) is 16.5. The fourth-order valence-electron chi connectivity index (χ4n) is 4.42. The van der Waals surface area contributed by atoms with Crippen molar-refractivity contribution >= 4 is 23.2 Å². The van der Waals surface area contributed by atoms with Gasteiger partial charge in [-0.2, -0.15) is 0 Å². The minimum Gasteiger partial charge on any atom is -0.492 e. The Labute approximate surface area is 263 Å². The van der Waals surface area contributed by atoms with E-state index in [2.05, 4.69) is 0 Å². The Morgan fingerprint density at radius 3 is 0.953 bits per heavy atom. The second kappa shape index (κ2) is 19.5. The predicted molar refractivity (Wildman–Crippen MR) is 160 cm³/mol. The Balaban J connectivity index is 2.39. The van der Waals surface area contributed by atoms with Gasteiger partial charge in [-0.05, 0) is 25.7 Å². The first kappa shape index (κ1) is 36.5. The van der Waals surface area contributed by atoms with E-state index in [1.807, 2.05) is 0 Å². The van der Waals surface area contributed by atoms with E-state index in [1.165, 1.54) is 56.9 Å². The highest BCUT2D eigenvalue weighted by Gasteiger charge is 2.29. The summed E-state index contributed by atoms with van der Waals surface area (Å²) >= 11 is 13.2. The molecule has 0 fully saturated rings. The summed E-state index contributed by atoms with van der Waals surface area (Å²) in [5.74, 6) is 2.88. The fraction of sp³-hybridized carbons (Fsp3) is 0.586. The summed E-state index contributed by atoms with van der Waals surface area (Å²) in [4.78, 5) is 0. The van der Waals surface area contributed by atoms with Gasteiger partial charge in [-0.1, -0.05) is 29.6 Å². The predicted octanol–water partition coefficient (Wildman–Crippen LogP) is 5.91. The molecule has 0 N–H and O–H groups in total. The Morgan fingerprint density at radius 1 is 0.372 bits per heavy atom. The molecule has 0 unspecified atom stereocenters. The maximum absolute atomic E-state index is 6.62. The van der Waals surface area contributed by atoms with Crippen molar-refractivity contribution in [3.05, 3.63) is 21.2 Å². The largest absolute Gasteiger partial charge is 0.492 e. The van der Waals surface area contributed by atoms with Gasteiger partial charge in [-0.3, -0.25) is 0 Å². The van der Waals surface area contributed by atoms with E-state index in [0.717, 1.165) is 30.4 Å². The topological polar surface area (TPSA) is 111 Å². The number of hydrogen-bond acceptors (Lipinski definition) is 12. The first-order valence-corrected chi connectivity index (χ1v) is 14.0. The van der Waals surface area contributed by atoms with Crippen molar-refractivity contribution in [1.29, 1.82) is 0 Å². The lowest BCUT2D eigenvalue weighted by Crippen LogP contribution is -2.10. The average Bonchev–Trinajstić information content (AvgIpc) is 3.01. The highest BCUT2D eigenvalue weighted by atomic mass is 35.5. The molecule has 0 amide bonds. The van der Waals surface area contributed by atoms with Gasteiger partial charge in [-0.25, -0.2) is 0 Å². The monoisotopic (exact) mass is 652 g/mol. The van der Waals surface area contributed by atoms with Crippen molar-refractivity contribution in [2.75, 3.05) is 84.1 Å². The van der Waals surface area contributed by atoms with E-state index in [-0.39, 0.29) is 37.2 Å². The lowest BCUT2D eigenvalue weighted by Gasteiger charge is -2.23. The number of rotatable bonds is 22. The van der Waals surface area contributed by atoms with Crippen LogP contribution in [-0.2, 0) is 31.8 Å². The number of unbranched alkanes of at least 4 members (excludes halogenated alkanes) is 2. The molecule has 12 nitrogen and oxygen atoms in total. The summed E-state index contributed by atoms with van der Waals surface area (Å²) in [7, 11) is 12.1. The zero-order valence-corrected chi connectivity index (χ0v) is 27.5. The minimum absolute atomic E-state index is 0.0168. The van der Waals surface area contributed by atoms with Crippen LogP contribution >= 0.6 is 23.2 Å². The molecule has 14 heteroatoms. The van der Waals surface area contributed by atoms with Crippen molar-refractivity contribution < 1.29 is 56.8 Å². The Hall–Kier alpha value is -2.74. The molecule has 2 aromatic rings. The SMILES string of the molecule is COCOc1c(Cl)c(OC)c(OCOC)c(CCCCCc2c(OC)c(OCOC)c(Cl)c(OC)c2OCOC)c1OC. The van der Waals surface area contributed by atoms with E-state index < -0.39 is 0 Å². The van der Waals surface area contributed by atoms with Gasteiger partial charge in [0.25, 0.3) is 0 Å². The summed E-state index contributed by atoms with van der Waals surface area (Å²) in [6, 6.07) is 0. The molecule has 244 valence electrons. The van der Waals surface area contributed by atoms with E-state index in [4.69, 9.17) is 80.0 Å². The van der Waals surface area contributed by atoms with Crippen LogP contribution in [0.4, 0.5) is 0 Å². The van der Waals surface area contributed by atoms with Crippen LogP contribution < -0.4 is 37.9 Å². The number of methoxy groups -OCH3 is 8. The molecule has 43 heavy (non-hydrogen) atoms. The smallest absolute Gasteiger partial charge is 0.188 e. The van der Waals surface area contributed by atoms with Crippen LogP contribution in [0.15, 0.2) is 0 Å². The third kappa shape index (κ3) is 9.13. The minimum atomic E-state index is -0.0348. The van der Waals surface area contributed by atoms with Gasteiger partial charge in [0.05, 0.1) is 28.4 Å². The van der Waals surface area contributed by atoms with E-state index in [1.54, 1.807) is 0 Å². The number of halogens is 2. The van der Waals surface area contributed by atoms with Gasteiger partial charge in [0.15, 0.2) is 73.2 Å². The standard InChI is InChI=1S/C29H42Cl2O12/c1-32-14-40-24-18(22(36-5)28(42-16-34-3)20(30)26(24)38-7)12-10-9-11-13-19-23(37-6)29(43-17-35-4)21(31)27(39-8)25(19)41-15-33-2/h9-17H2,1-8H3. The first-order chi connectivity index (χ1) is 20.9. The Morgan fingerprint density at radius 2 is 0.674 bits per heavy atom. The summed E-state index contributed by atoms with van der Waals surface area (Å²) in [6.07, 6.45) is 3.37. The second-order valence-electron chi connectivity index (χ2n) is 8.80. The van der Waals surface area contributed by atoms with Gasteiger partial charge in [0, 0.05) is 39.6 Å². The molecule has 0 saturated carbocycles. The van der Waals surface area contributed by atoms with Crippen molar-refractivity contribution in [2.24, 2.45) is 0 Å². The van der Waals surface area contributed by atoms with Crippen molar-refractivity contribution in [3.63, 3.8) is 0 Å². The summed E-state index contributed by atoms with van der Waals surface area (Å²) < 4.78 is 66.4. The molecule has 0 radical (unpaired) electrons. The number of hydrogen-bond donors (Lipinski definition) is 0. The number of ether oxygens (including phenoxy) is 12. The summed E-state index contributed by atoms with van der Waals surface area (Å²) in [5.41, 5.74) is 1.44. The van der Waals surface area contributed by atoms with Crippen LogP contribution in [0.1, 0.15) is 30.4 Å². The number of benzene rings is 2. The molecule has 0 spiro atoms. The average molecular weight is 654 g/mol. The van der Waals surface area contributed by atoms with E-state index in [0.29, 0.717) is 58.8 Å². The van der Waals surface area contributed by atoms with Crippen LogP contribution in [0.3, 0.4) is 0 Å². The molecule has 0 bridgehead atoms. The zero-order chi connectivity index (χ0) is 31.8. The summed E-state index contributed by atoms with van der Waals surface area (Å²) in [5, 5.41) is 0.398. The molecule has 0 aliphatic heterocycles. The van der Waals surface area contributed by atoms with Gasteiger partial charge in [-0.15, -0.1) is 0 Å². The molecule has 2 rings (SSSR count). The van der Waals surface area contributed by atoms with Crippen LogP contribution in [-0.4, -0.2) is 84.1 Å². The lowest BCUT2D eigenvalue weighted by atomic mass is 10.00. The van der Waals surface area contributed by atoms with Gasteiger partial charge in [0.2, 0.25) is 0 Å². The molecule has 0 aromatic heterocycles. The normalized spacial score (nSPS) is 10.8. The molecule has 0 atom stereocenters. The van der Waals surface area contributed by atoms with Gasteiger partial charge in [0.1, 0.15) is 10.0 Å². The molecule has 2 aromatic carbocycles. The third-order valence-electron chi connectivity index (χ3n) is 6.17. The van der Waals surface area contributed by atoms with Crippen LogP contribution in [0, 0.1) is 0 Å². The summed E-state index contributed by atoms with van der Waals surface area (Å²) in [6.45, 7) is -0.103. The molecule has 0 aliphatic rings. The lowest BCUT2D eigenvalue weighted by molar-refractivity contribution is 0.0444. The maximum Gasteiger partial charge on any atom is 0.188 e. The van der Waals surface area contributed by atoms with E-state index in [9.17, 15) is 0 Å². The first-order valence-electron chi connectivity index (χ1n) is 13.3. The molecular formula is C29H42Cl2O12. The Bertz CT molecular complexity index is 1060. The van der Waals surface area contributed by atoms with Crippen LogP contribution in [0.5, 0.6) is 46.0 Å². The quantitative estimate of drug-likeness (QED) is 0.111. The van der Waals surface area contributed by atoms with Crippen LogP contribution in [0.25, 0.3) is 0 Å². The third-order valence-corrected chi connectivity index (χ3v) is 6.86. The van der Waals surface area contributed by atoms with Crippen LogP contribution in [0.2, 0.25) is 10.0 Å². The van der Waals surface area contributed by atoms with Crippen molar-refractivity contribution in [2.45, 2.75) is 32.1 Å². The molecule has 0 aliphatic carbocycles. The molecular weight excluding hydrogens is 611 g/mol. The van der Waals surface area contributed by atoms with Gasteiger partial charge < -0.3 is 56.8 Å². The maximum atomic E-state index is 6.62. The van der Waals surface area contributed by atoms with Gasteiger partial charge >= 0.3 is 0 Å². The zero-order valence-electron chi connectivity index (χ0n) is 26.0. The highest BCUT2D eigenvalue weighted by molar-refractivity contribution is 6.34. The molecule has 0 saturated heterocycles. The van der Waals surface area contributed by atoms with E-state index >= 15 is 0 Å². The second-order valence-corrected chi connectivity index (χ2v) is 9.55. The fourth-order valence-corrected chi connectivity index (χ4v) is 5.03. The van der Waals surface area contributed by atoms with Crippen molar-refractivity contribution in [3.8, 4) is 46.0 Å².